The number of nitrogens with zero attached hydrogens (tertiary/aromatic N) is 2. The fraction of sp³-hybridized carbons (Fsp3) is 0.750. The number of hydrogen-bond acceptors (Lipinski definition) is 2. The van der Waals surface area contributed by atoms with Crippen LogP contribution in [0.3, 0.4) is 0 Å². The van der Waals surface area contributed by atoms with Gasteiger partial charge in [0.25, 0.3) is 0 Å². The average Bonchev–Trinajstić information content (AvgIpc) is 2.85. The Morgan fingerprint density at radius 1 is 1.47 bits per heavy atom. The van der Waals surface area contributed by atoms with Gasteiger partial charge in [-0.1, -0.05) is 25.7 Å². The molecule has 1 aromatic rings. The molecule has 1 aliphatic carbocycles. The predicted molar refractivity (Wildman–Crippen MR) is 61.5 cm³/mol. The van der Waals surface area contributed by atoms with Gasteiger partial charge in [0, 0.05) is 19.4 Å². The van der Waals surface area contributed by atoms with Crippen molar-refractivity contribution in [2.24, 2.45) is 13.0 Å². The van der Waals surface area contributed by atoms with E-state index in [0.717, 1.165) is 24.8 Å². The molecule has 1 saturated carbocycles. The summed E-state index contributed by atoms with van der Waals surface area (Å²) in [6, 6.07) is 0. The van der Waals surface area contributed by atoms with Crippen molar-refractivity contribution in [3.05, 3.63) is 18.2 Å². The third kappa shape index (κ3) is 3.06. The molecule has 15 heavy (non-hydrogen) atoms. The predicted octanol–water partition coefficient (Wildman–Crippen LogP) is 2.09. The van der Waals surface area contributed by atoms with E-state index in [0.29, 0.717) is 0 Å². The Bertz CT molecular complexity index is 287. The fourth-order valence-electron chi connectivity index (χ4n) is 2.37. The molecule has 3 nitrogen and oxygen atoms in total. The number of imidazole rings is 1. The van der Waals surface area contributed by atoms with Crippen LogP contribution in [-0.4, -0.2) is 16.1 Å². The van der Waals surface area contributed by atoms with Gasteiger partial charge < -0.3 is 9.88 Å². The highest BCUT2D eigenvalue weighted by Gasteiger charge is 2.13. The Kier molecular flexibility index (Phi) is 3.78. The molecular weight excluding hydrogens is 186 g/mol. The van der Waals surface area contributed by atoms with Crippen molar-refractivity contribution in [1.29, 1.82) is 0 Å². The maximum atomic E-state index is 4.29. The van der Waals surface area contributed by atoms with Crippen molar-refractivity contribution in [1.82, 2.24) is 14.9 Å². The molecule has 0 bridgehead atoms. The molecular formula is C12H21N3. The molecule has 1 N–H and O–H groups in total. The van der Waals surface area contributed by atoms with Crippen molar-refractivity contribution >= 4 is 0 Å². The van der Waals surface area contributed by atoms with Crippen LogP contribution in [-0.2, 0) is 13.6 Å². The summed E-state index contributed by atoms with van der Waals surface area (Å²) >= 11 is 0. The first-order valence-electron chi connectivity index (χ1n) is 6.03. The maximum absolute atomic E-state index is 4.29. The SMILES string of the molecule is Cn1ccnc1CNCCC1CCCC1. The summed E-state index contributed by atoms with van der Waals surface area (Å²) in [5, 5.41) is 3.47. The minimum Gasteiger partial charge on any atom is -0.337 e. The van der Waals surface area contributed by atoms with Gasteiger partial charge in [-0.05, 0) is 18.9 Å². The van der Waals surface area contributed by atoms with Crippen molar-refractivity contribution < 1.29 is 0 Å². The Hall–Kier alpha value is -0.830. The van der Waals surface area contributed by atoms with E-state index in [-0.39, 0.29) is 0 Å². The summed E-state index contributed by atoms with van der Waals surface area (Å²) in [5.74, 6) is 2.11. The molecule has 0 radical (unpaired) electrons. The van der Waals surface area contributed by atoms with Crippen LogP contribution in [0, 0.1) is 5.92 Å². The van der Waals surface area contributed by atoms with Gasteiger partial charge in [0.2, 0.25) is 0 Å². The lowest BCUT2D eigenvalue weighted by Gasteiger charge is -2.09. The van der Waals surface area contributed by atoms with Crippen molar-refractivity contribution in [2.45, 2.75) is 38.6 Å². The maximum Gasteiger partial charge on any atom is 0.122 e. The van der Waals surface area contributed by atoms with E-state index >= 15 is 0 Å². The molecule has 0 aromatic carbocycles. The highest BCUT2D eigenvalue weighted by Crippen LogP contribution is 2.26. The quantitative estimate of drug-likeness (QED) is 0.749. The molecule has 0 atom stereocenters. The second-order valence-electron chi connectivity index (χ2n) is 4.57. The minimum atomic E-state index is 0.899. The van der Waals surface area contributed by atoms with Gasteiger partial charge in [-0.2, -0.15) is 0 Å². The van der Waals surface area contributed by atoms with Crippen molar-refractivity contribution in [3.63, 3.8) is 0 Å². The van der Waals surface area contributed by atoms with Crippen molar-refractivity contribution in [2.75, 3.05) is 6.54 Å². The third-order valence-electron chi connectivity index (χ3n) is 3.41. The zero-order valence-electron chi connectivity index (χ0n) is 9.58. The van der Waals surface area contributed by atoms with Crippen LogP contribution in [0.25, 0.3) is 0 Å². The van der Waals surface area contributed by atoms with E-state index in [1.165, 1.54) is 32.1 Å². The van der Waals surface area contributed by atoms with Gasteiger partial charge >= 0.3 is 0 Å². The standard InChI is InChI=1S/C12H21N3/c1-15-9-8-14-12(15)10-13-7-6-11-4-2-3-5-11/h8-9,11,13H,2-7,10H2,1H3. The fourth-order valence-corrected chi connectivity index (χ4v) is 2.37. The van der Waals surface area contributed by atoms with E-state index in [1.54, 1.807) is 0 Å². The van der Waals surface area contributed by atoms with Crippen molar-refractivity contribution in [3.8, 4) is 0 Å². The lowest BCUT2D eigenvalue weighted by molar-refractivity contribution is 0.473. The summed E-state index contributed by atoms with van der Waals surface area (Å²) in [5.41, 5.74) is 0. The first-order chi connectivity index (χ1) is 7.36. The van der Waals surface area contributed by atoms with Gasteiger partial charge in [0.1, 0.15) is 5.82 Å². The van der Waals surface area contributed by atoms with Crippen LogP contribution in [0.2, 0.25) is 0 Å². The average molecular weight is 207 g/mol. The molecule has 0 spiro atoms. The van der Waals surface area contributed by atoms with E-state index in [1.807, 2.05) is 19.4 Å². The number of aryl methyl sites for hydroxylation is 1. The Morgan fingerprint density at radius 2 is 2.27 bits per heavy atom. The van der Waals surface area contributed by atoms with Crippen LogP contribution in [0.1, 0.15) is 37.9 Å². The molecule has 84 valence electrons. The molecule has 0 amide bonds. The monoisotopic (exact) mass is 207 g/mol. The molecule has 0 aliphatic heterocycles. The molecule has 1 aromatic heterocycles. The molecule has 3 heteroatoms. The molecule has 1 heterocycles. The zero-order valence-corrected chi connectivity index (χ0v) is 9.58. The van der Waals surface area contributed by atoms with E-state index in [4.69, 9.17) is 0 Å². The summed E-state index contributed by atoms with van der Waals surface area (Å²) in [6.07, 6.45) is 11.0. The lowest BCUT2D eigenvalue weighted by atomic mass is 10.0. The summed E-state index contributed by atoms with van der Waals surface area (Å²) in [7, 11) is 2.04. The van der Waals surface area contributed by atoms with Crippen LogP contribution >= 0.6 is 0 Å². The number of hydrogen-bond donors (Lipinski definition) is 1. The minimum absolute atomic E-state index is 0.899. The molecule has 2 rings (SSSR count). The van der Waals surface area contributed by atoms with E-state index in [2.05, 4.69) is 14.9 Å². The topological polar surface area (TPSA) is 29.9 Å². The smallest absolute Gasteiger partial charge is 0.122 e. The Morgan fingerprint density at radius 3 is 2.93 bits per heavy atom. The summed E-state index contributed by atoms with van der Waals surface area (Å²) < 4.78 is 2.07. The van der Waals surface area contributed by atoms with Crippen LogP contribution in [0.15, 0.2) is 12.4 Å². The molecule has 0 unspecified atom stereocenters. The first kappa shape index (κ1) is 10.7. The van der Waals surface area contributed by atoms with E-state index in [9.17, 15) is 0 Å². The lowest BCUT2D eigenvalue weighted by Crippen LogP contribution is -2.19. The third-order valence-corrected chi connectivity index (χ3v) is 3.41. The van der Waals surface area contributed by atoms with Crippen LogP contribution in [0.4, 0.5) is 0 Å². The molecule has 1 fully saturated rings. The molecule has 0 saturated heterocycles. The Balaban J connectivity index is 1.60. The van der Waals surface area contributed by atoms with E-state index < -0.39 is 0 Å². The van der Waals surface area contributed by atoms with Gasteiger partial charge in [-0.25, -0.2) is 4.98 Å². The van der Waals surface area contributed by atoms with Crippen LogP contribution in [0.5, 0.6) is 0 Å². The number of aromatic nitrogens is 2. The van der Waals surface area contributed by atoms with Gasteiger partial charge in [-0.3, -0.25) is 0 Å². The second-order valence-corrected chi connectivity index (χ2v) is 4.57. The largest absolute Gasteiger partial charge is 0.337 e. The van der Waals surface area contributed by atoms with Gasteiger partial charge in [-0.15, -0.1) is 0 Å². The number of nitrogens with one attached hydrogen (secondary N) is 1. The van der Waals surface area contributed by atoms with Gasteiger partial charge in [0.15, 0.2) is 0 Å². The number of rotatable bonds is 5. The summed E-state index contributed by atoms with van der Waals surface area (Å²) in [6.45, 7) is 2.04. The second kappa shape index (κ2) is 5.31. The highest BCUT2D eigenvalue weighted by molar-refractivity contribution is 4.90. The van der Waals surface area contributed by atoms with Gasteiger partial charge in [0.05, 0.1) is 6.54 Å². The Labute approximate surface area is 91.9 Å². The first-order valence-corrected chi connectivity index (χ1v) is 6.03. The zero-order chi connectivity index (χ0) is 10.5. The molecule has 1 aliphatic rings. The normalized spacial score (nSPS) is 17.4. The summed E-state index contributed by atoms with van der Waals surface area (Å²) in [4.78, 5) is 4.29. The van der Waals surface area contributed by atoms with Crippen LogP contribution < -0.4 is 5.32 Å². The highest BCUT2D eigenvalue weighted by atomic mass is 15.1.